The zero-order chi connectivity index (χ0) is 21.8. The Balaban J connectivity index is 1.40. The Bertz CT molecular complexity index is 1090. The third kappa shape index (κ3) is 4.72. The highest BCUT2D eigenvalue weighted by molar-refractivity contribution is 7.99. The third-order valence-electron chi connectivity index (χ3n) is 4.96. The predicted molar refractivity (Wildman–Crippen MR) is 111 cm³/mol. The van der Waals surface area contributed by atoms with Crippen molar-refractivity contribution in [3.05, 3.63) is 48.4 Å². The molecule has 0 atom stereocenters. The van der Waals surface area contributed by atoms with Crippen molar-refractivity contribution >= 4 is 29.2 Å². The molecule has 160 valence electrons. The third-order valence-corrected chi connectivity index (χ3v) is 5.75. The first-order valence-electron chi connectivity index (χ1n) is 9.59. The molecule has 1 N–H and O–H groups in total. The Hall–Kier alpha value is -3.32. The Morgan fingerprint density at radius 3 is 2.71 bits per heavy atom. The van der Waals surface area contributed by atoms with E-state index in [2.05, 4.69) is 10.3 Å². The first-order valence-corrected chi connectivity index (χ1v) is 10.5. The number of carbonyl (C=O) groups is 1. The minimum absolute atomic E-state index is 0.159. The molecular weight excluding hydrogens is 426 g/mol. The number of carbonyl (C=O) groups excluding carboxylic acids is 1. The second-order valence-electron chi connectivity index (χ2n) is 6.89. The van der Waals surface area contributed by atoms with Crippen LogP contribution in [-0.2, 0) is 4.79 Å². The number of hydrogen-bond donors (Lipinski definition) is 1. The molecule has 0 bridgehead atoms. The molecular formula is C21H18F2N4O3S. The van der Waals surface area contributed by atoms with Gasteiger partial charge in [-0.3, -0.25) is 4.79 Å². The summed E-state index contributed by atoms with van der Waals surface area (Å²) < 4.78 is 36.5. The van der Waals surface area contributed by atoms with Gasteiger partial charge in [-0.1, -0.05) is 23.9 Å². The maximum absolute atomic E-state index is 12.8. The molecule has 1 amide bonds. The Morgan fingerprint density at radius 1 is 1.26 bits per heavy atom. The van der Waals surface area contributed by atoms with Crippen LogP contribution in [0.4, 0.5) is 20.4 Å². The molecule has 3 aromatic rings. The van der Waals surface area contributed by atoms with Gasteiger partial charge in [-0.2, -0.15) is 19.0 Å². The summed E-state index contributed by atoms with van der Waals surface area (Å²) in [6.45, 7) is 0.986. The average molecular weight is 444 g/mol. The van der Waals surface area contributed by atoms with E-state index in [1.165, 1.54) is 6.26 Å². The van der Waals surface area contributed by atoms with Crippen LogP contribution in [0.2, 0.25) is 0 Å². The average Bonchev–Trinajstić information content (AvgIpc) is 3.44. The van der Waals surface area contributed by atoms with E-state index in [-0.39, 0.29) is 23.4 Å². The summed E-state index contributed by atoms with van der Waals surface area (Å²) in [4.78, 5) is 19.1. The molecule has 1 aliphatic rings. The Morgan fingerprint density at radius 2 is 2.03 bits per heavy atom. The second kappa shape index (κ2) is 9.22. The molecule has 31 heavy (non-hydrogen) atoms. The molecule has 4 rings (SSSR count). The number of hydrogen-bond acceptors (Lipinski definition) is 7. The molecule has 0 aliphatic carbocycles. The van der Waals surface area contributed by atoms with Crippen molar-refractivity contribution in [1.29, 1.82) is 5.26 Å². The topological polar surface area (TPSA) is 95.3 Å². The normalized spacial score (nSPS) is 14.6. The van der Waals surface area contributed by atoms with Gasteiger partial charge in [0.15, 0.2) is 5.76 Å². The number of halogens is 2. The molecule has 1 aliphatic heterocycles. The standard InChI is InChI=1S/C21H18F2N4O3S/c22-21(23)31-17-6-2-1-4-14(17)25-18(28)13-7-9-27(10-8-13)20-15(12-24)26-19(30-20)16-5-3-11-29-16/h1-6,11,13,21H,7-10H2,(H,25,28). The lowest BCUT2D eigenvalue weighted by Crippen LogP contribution is -2.38. The number of oxazole rings is 1. The number of benzene rings is 1. The van der Waals surface area contributed by atoms with Crippen molar-refractivity contribution in [3.63, 3.8) is 0 Å². The number of amides is 1. The number of furan rings is 1. The van der Waals surface area contributed by atoms with E-state index in [1.807, 2.05) is 11.0 Å². The largest absolute Gasteiger partial charge is 0.459 e. The molecule has 0 radical (unpaired) electrons. The second-order valence-corrected chi connectivity index (χ2v) is 7.92. The van der Waals surface area contributed by atoms with Crippen LogP contribution in [0, 0.1) is 17.2 Å². The van der Waals surface area contributed by atoms with Crippen LogP contribution in [0.5, 0.6) is 0 Å². The zero-order valence-electron chi connectivity index (χ0n) is 16.3. The smallest absolute Gasteiger partial charge is 0.288 e. The van der Waals surface area contributed by atoms with Crippen LogP contribution in [0.1, 0.15) is 18.5 Å². The molecule has 3 heterocycles. The fourth-order valence-corrected chi connectivity index (χ4v) is 4.05. The molecule has 0 saturated carbocycles. The predicted octanol–water partition coefficient (Wildman–Crippen LogP) is 4.98. The number of thioether (sulfide) groups is 1. The number of alkyl halides is 2. The molecule has 7 nitrogen and oxygen atoms in total. The number of anilines is 2. The summed E-state index contributed by atoms with van der Waals surface area (Å²) >= 11 is 0.403. The fourth-order valence-electron chi connectivity index (χ4n) is 3.45. The SMILES string of the molecule is N#Cc1nc(-c2ccco2)oc1N1CCC(C(=O)Nc2ccccc2SC(F)F)CC1. The fraction of sp³-hybridized carbons (Fsp3) is 0.286. The van der Waals surface area contributed by atoms with E-state index in [1.54, 1.807) is 36.4 Å². The number of aromatic nitrogens is 1. The lowest BCUT2D eigenvalue weighted by molar-refractivity contribution is -0.120. The summed E-state index contributed by atoms with van der Waals surface area (Å²) in [5.74, 6) is -2.05. The lowest BCUT2D eigenvalue weighted by Gasteiger charge is -2.31. The summed E-state index contributed by atoms with van der Waals surface area (Å²) in [7, 11) is 0. The Kier molecular flexibility index (Phi) is 6.23. The van der Waals surface area contributed by atoms with Crippen molar-refractivity contribution in [2.45, 2.75) is 23.5 Å². The van der Waals surface area contributed by atoms with Crippen LogP contribution in [0.15, 0.2) is 56.4 Å². The van der Waals surface area contributed by atoms with Crippen molar-refractivity contribution in [2.24, 2.45) is 5.92 Å². The van der Waals surface area contributed by atoms with Gasteiger partial charge >= 0.3 is 0 Å². The first-order chi connectivity index (χ1) is 15.0. The minimum Gasteiger partial charge on any atom is -0.459 e. The van der Waals surface area contributed by atoms with Crippen molar-refractivity contribution in [3.8, 4) is 17.7 Å². The summed E-state index contributed by atoms with van der Waals surface area (Å²) in [5.41, 5.74) is 0.539. The van der Waals surface area contributed by atoms with Gasteiger partial charge in [0.2, 0.25) is 17.5 Å². The van der Waals surface area contributed by atoms with Crippen molar-refractivity contribution in [2.75, 3.05) is 23.3 Å². The first kappa shape index (κ1) is 20.9. The minimum atomic E-state index is -2.57. The van der Waals surface area contributed by atoms with Crippen LogP contribution in [0.25, 0.3) is 11.7 Å². The number of piperidine rings is 1. The number of nitriles is 1. The summed E-state index contributed by atoms with van der Waals surface area (Å²) in [5, 5.41) is 12.2. The quantitative estimate of drug-likeness (QED) is 0.536. The van der Waals surface area contributed by atoms with E-state index in [0.29, 0.717) is 59.9 Å². The van der Waals surface area contributed by atoms with Crippen LogP contribution < -0.4 is 10.2 Å². The summed E-state index contributed by atoms with van der Waals surface area (Å²) in [6, 6.07) is 11.9. The number of nitrogens with zero attached hydrogens (tertiary/aromatic N) is 3. The molecule has 1 aromatic carbocycles. The molecule has 2 aromatic heterocycles. The maximum atomic E-state index is 12.8. The van der Waals surface area contributed by atoms with Crippen LogP contribution >= 0.6 is 11.8 Å². The highest BCUT2D eigenvalue weighted by Crippen LogP contribution is 2.34. The number of para-hydroxylation sites is 1. The van der Waals surface area contributed by atoms with E-state index in [9.17, 15) is 18.8 Å². The van der Waals surface area contributed by atoms with Crippen LogP contribution in [0.3, 0.4) is 0 Å². The molecule has 0 unspecified atom stereocenters. The van der Waals surface area contributed by atoms with Gasteiger partial charge < -0.3 is 19.1 Å². The van der Waals surface area contributed by atoms with E-state index >= 15 is 0 Å². The van der Waals surface area contributed by atoms with Gasteiger partial charge in [-0.15, -0.1) is 0 Å². The van der Waals surface area contributed by atoms with E-state index in [4.69, 9.17) is 8.83 Å². The van der Waals surface area contributed by atoms with Gasteiger partial charge in [0, 0.05) is 23.9 Å². The maximum Gasteiger partial charge on any atom is 0.288 e. The molecule has 1 saturated heterocycles. The zero-order valence-corrected chi connectivity index (χ0v) is 17.1. The van der Waals surface area contributed by atoms with Gasteiger partial charge in [0.25, 0.3) is 11.6 Å². The molecule has 1 fully saturated rings. The number of nitrogens with one attached hydrogen (secondary N) is 1. The van der Waals surface area contributed by atoms with E-state index < -0.39 is 5.76 Å². The lowest BCUT2D eigenvalue weighted by atomic mass is 9.96. The van der Waals surface area contributed by atoms with Crippen molar-refractivity contribution in [1.82, 2.24) is 4.98 Å². The van der Waals surface area contributed by atoms with Gasteiger partial charge in [-0.25, -0.2) is 0 Å². The Labute approximate surface area is 181 Å². The van der Waals surface area contributed by atoms with Gasteiger partial charge in [0.05, 0.1) is 12.0 Å². The van der Waals surface area contributed by atoms with Crippen molar-refractivity contribution < 1.29 is 22.4 Å². The van der Waals surface area contributed by atoms with Crippen LogP contribution in [-0.4, -0.2) is 29.7 Å². The monoisotopic (exact) mass is 444 g/mol. The highest BCUT2D eigenvalue weighted by atomic mass is 32.2. The highest BCUT2D eigenvalue weighted by Gasteiger charge is 2.29. The summed E-state index contributed by atoms with van der Waals surface area (Å²) in [6.07, 6.45) is 2.54. The molecule has 10 heteroatoms. The molecule has 0 spiro atoms. The van der Waals surface area contributed by atoms with Gasteiger partial charge in [-0.05, 0) is 37.1 Å². The number of rotatable bonds is 6. The van der Waals surface area contributed by atoms with E-state index in [0.717, 1.165) is 0 Å². The van der Waals surface area contributed by atoms with Gasteiger partial charge in [0.1, 0.15) is 6.07 Å².